The van der Waals surface area contributed by atoms with Gasteiger partial charge < -0.3 is 20.1 Å². The summed E-state index contributed by atoms with van der Waals surface area (Å²) in [6.45, 7) is 0.757. The van der Waals surface area contributed by atoms with Crippen molar-refractivity contribution in [3.8, 4) is 11.8 Å². The van der Waals surface area contributed by atoms with Gasteiger partial charge in [-0.05, 0) is 37.8 Å². The summed E-state index contributed by atoms with van der Waals surface area (Å²) in [5, 5.41) is 14.2. The van der Waals surface area contributed by atoms with Crippen molar-refractivity contribution in [2.75, 3.05) is 20.3 Å². The molecule has 1 aromatic carbocycles. The maximum atomic E-state index is 12.1. The average molecular weight is 359 g/mol. The number of rotatable bonds is 8. The molecule has 0 bridgehead atoms. The molecule has 2 N–H and O–H groups in total. The number of nitrogens with one attached hydrogen (secondary N) is 2. The van der Waals surface area contributed by atoms with Crippen molar-refractivity contribution in [2.45, 2.75) is 25.3 Å². The number of methoxy groups -OCH3 is 1. The van der Waals surface area contributed by atoms with Crippen LogP contribution >= 0.6 is 0 Å². The molecule has 1 aromatic rings. The summed E-state index contributed by atoms with van der Waals surface area (Å²) in [6, 6.07) is 8.67. The number of hydrogen-bond donors (Lipinski definition) is 2. The Morgan fingerprint density at radius 2 is 2.00 bits per heavy atom. The Morgan fingerprint density at radius 1 is 1.31 bits per heavy atom. The van der Waals surface area contributed by atoms with E-state index in [4.69, 9.17) is 9.47 Å². The molecule has 0 heterocycles. The van der Waals surface area contributed by atoms with Gasteiger partial charge >= 0.3 is 5.97 Å². The van der Waals surface area contributed by atoms with Crippen LogP contribution in [0.3, 0.4) is 0 Å². The van der Waals surface area contributed by atoms with Gasteiger partial charge in [0.05, 0.1) is 18.7 Å². The number of hydrogen-bond acceptors (Lipinski definition) is 6. The molecule has 2 rings (SSSR count). The van der Waals surface area contributed by atoms with Crippen molar-refractivity contribution < 1.29 is 23.9 Å². The van der Waals surface area contributed by atoms with Crippen molar-refractivity contribution in [3.63, 3.8) is 0 Å². The van der Waals surface area contributed by atoms with E-state index in [1.54, 1.807) is 31.2 Å². The van der Waals surface area contributed by atoms with Gasteiger partial charge in [0, 0.05) is 0 Å². The Balaban J connectivity index is 1.76. The fraction of sp³-hybridized carbons (Fsp3) is 0.444. The summed E-state index contributed by atoms with van der Waals surface area (Å²) in [5.74, 6) is -1.28. The van der Waals surface area contributed by atoms with Crippen molar-refractivity contribution in [1.29, 1.82) is 5.26 Å². The molecule has 0 saturated heterocycles. The van der Waals surface area contributed by atoms with Gasteiger partial charge in [0.15, 0.2) is 6.61 Å². The van der Waals surface area contributed by atoms with Gasteiger partial charge in [0.1, 0.15) is 17.8 Å². The Kier molecular flexibility index (Phi) is 6.17. The van der Waals surface area contributed by atoms with Crippen LogP contribution in [0.2, 0.25) is 0 Å². The van der Waals surface area contributed by atoms with Gasteiger partial charge in [-0.2, -0.15) is 5.26 Å². The van der Waals surface area contributed by atoms with Gasteiger partial charge in [-0.3, -0.25) is 14.4 Å². The van der Waals surface area contributed by atoms with E-state index in [2.05, 4.69) is 16.7 Å². The van der Waals surface area contributed by atoms with Crippen LogP contribution in [0.25, 0.3) is 0 Å². The molecule has 0 unspecified atom stereocenters. The van der Waals surface area contributed by atoms with Crippen LogP contribution in [0, 0.1) is 17.2 Å². The van der Waals surface area contributed by atoms with Gasteiger partial charge in [0.2, 0.25) is 0 Å². The number of para-hydroxylation sites is 1. The smallest absolute Gasteiger partial charge is 0.325 e. The SMILES string of the molecule is COc1ccccc1C(=O)NCC(=O)OCC(=O)N[C@@](C)(C#N)C1CC1. The summed E-state index contributed by atoms with van der Waals surface area (Å²) in [7, 11) is 1.44. The normalized spacial score (nSPS) is 15.1. The molecule has 1 aliphatic rings. The second-order valence-corrected chi connectivity index (χ2v) is 6.18. The van der Waals surface area contributed by atoms with Crippen molar-refractivity contribution >= 4 is 17.8 Å². The first kappa shape index (κ1) is 19.2. The molecule has 0 aliphatic heterocycles. The number of carbonyl (C=O) groups is 3. The molecule has 26 heavy (non-hydrogen) atoms. The molecule has 0 radical (unpaired) electrons. The van der Waals surface area contributed by atoms with Crippen LogP contribution in [0.1, 0.15) is 30.1 Å². The molecule has 0 spiro atoms. The molecule has 8 nitrogen and oxygen atoms in total. The first-order valence-corrected chi connectivity index (χ1v) is 8.18. The lowest BCUT2D eigenvalue weighted by atomic mass is 9.98. The lowest BCUT2D eigenvalue weighted by molar-refractivity contribution is -0.147. The highest BCUT2D eigenvalue weighted by Gasteiger charge is 2.43. The number of amides is 2. The van der Waals surface area contributed by atoms with Gasteiger partial charge in [-0.15, -0.1) is 0 Å². The zero-order chi connectivity index (χ0) is 19.2. The predicted octanol–water partition coefficient (Wildman–Crippen LogP) is 0.777. The van der Waals surface area contributed by atoms with Gasteiger partial charge in [0.25, 0.3) is 11.8 Å². The second-order valence-electron chi connectivity index (χ2n) is 6.18. The fourth-order valence-corrected chi connectivity index (χ4v) is 2.48. The zero-order valence-electron chi connectivity index (χ0n) is 14.7. The van der Waals surface area contributed by atoms with Crippen LogP contribution in [-0.2, 0) is 14.3 Å². The highest BCUT2D eigenvalue weighted by molar-refractivity contribution is 5.98. The molecule has 1 fully saturated rings. The van der Waals surface area contributed by atoms with E-state index in [1.807, 2.05) is 0 Å². The lowest BCUT2D eigenvalue weighted by Crippen LogP contribution is -2.48. The van der Waals surface area contributed by atoms with Crippen molar-refractivity contribution in [2.24, 2.45) is 5.92 Å². The molecule has 1 saturated carbocycles. The van der Waals surface area contributed by atoms with E-state index in [9.17, 15) is 19.6 Å². The molecule has 8 heteroatoms. The number of esters is 1. The minimum Gasteiger partial charge on any atom is -0.496 e. The van der Waals surface area contributed by atoms with E-state index in [0.717, 1.165) is 12.8 Å². The number of benzene rings is 1. The summed E-state index contributed by atoms with van der Waals surface area (Å²) in [6.07, 6.45) is 1.78. The second kappa shape index (κ2) is 8.34. The van der Waals surface area contributed by atoms with Crippen molar-refractivity contribution in [3.05, 3.63) is 29.8 Å². The largest absolute Gasteiger partial charge is 0.496 e. The lowest BCUT2D eigenvalue weighted by Gasteiger charge is -2.22. The maximum Gasteiger partial charge on any atom is 0.325 e. The standard InChI is InChI=1S/C18H21N3O5/c1-18(11-19,12-7-8-12)21-15(22)10-26-16(23)9-20-17(24)13-5-3-4-6-14(13)25-2/h3-6,12H,7-10H2,1-2H3,(H,20,24)(H,21,22)/t18-/m0/s1. The van der Waals surface area contributed by atoms with E-state index in [0.29, 0.717) is 5.75 Å². The topological polar surface area (TPSA) is 118 Å². The fourth-order valence-electron chi connectivity index (χ4n) is 2.48. The third-order valence-electron chi connectivity index (χ3n) is 4.13. The van der Waals surface area contributed by atoms with Crippen LogP contribution in [0.15, 0.2) is 24.3 Å². The van der Waals surface area contributed by atoms with E-state index in [-0.39, 0.29) is 18.0 Å². The van der Waals surface area contributed by atoms with Crippen molar-refractivity contribution in [1.82, 2.24) is 10.6 Å². The summed E-state index contributed by atoms with van der Waals surface area (Å²) >= 11 is 0. The Labute approximate surface area is 151 Å². The summed E-state index contributed by atoms with van der Waals surface area (Å²) in [4.78, 5) is 35.6. The quantitative estimate of drug-likeness (QED) is 0.662. The number of ether oxygens (including phenoxy) is 2. The average Bonchev–Trinajstić information content (AvgIpc) is 3.50. The highest BCUT2D eigenvalue weighted by atomic mass is 16.5. The Bertz CT molecular complexity index is 739. The van der Waals surface area contributed by atoms with E-state index < -0.39 is 29.9 Å². The molecular weight excluding hydrogens is 338 g/mol. The molecule has 138 valence electrons. The number of carbonyl (C=O) groups excluding carboxylic acids is 3. The van der Waals surface area contributed by atoms with Gasteiger partial charge in [-0.1, -0.05) is 12.1 Å². The van der Waals surface area contributed by atoms with Crippen LogP contribution in [-0.4, -0.2) is 43.6 Å². The minimum atomic E-state index is -0.943. The van der Waals surface area contributed by atoms with Gasteiger partial charge in [-0.25, -0.2) is 0 Å². The summed E-state index contributed by atoms with van der Waals surface area (Å²) < 4.78 is 9.91. The monoisotopic (exact) mass is 359 g/mol. The van der Waals surface area contributed by atoms with E-state index >= 15 is 0 Å². The summed E-state index contributed by atoms with van der Waals surface area (Å²) in [5.41, 5.74) is -0.656. The first-order chi connectivity index (χ1) is 12.4. The number of nitrogens with zero attached hydrogens (tertiary/aromatic N) is 1. The third-order valence-corrected chi connectivity index (χ3v) is 4.13. The molecular formula is C18H21N3O5. The molecule has 2 amide bonds. The Morgan fingerprint density at radius 3 is 2.62 bits per heavy atom. The van der Waals surface area contributed by atoms with Crippen LogP contribution in [0.4, 0.5) is 0 Å². The minimum absolute atomic E-state index is 0.132. The molecule has 0 aromatic heterocycles. The molecule has 1 aliphatic carbocycles. The molecule has 1 atom stereocenters. The van der Waals surface area contributed by atoms with E-state index in [1.165, 1.54) is 7.11 Å². The number of nitriles is 1. The van der Waals surface area contributed by atoms with Crippen LogP contribution < -0.4 is 15.4 Å². The third kappa shape index (κ3) is 4.96. The van der Waals surface area contributed by atoms with Crippen LogP contribution in [0.5, 0.6) is 5.75 Å². The predicted molar refractivity (Wildman–Crippen MR) is 91.2 cm³/mol. The zero-order valence-corrected chi connectivity index (χ0v) is 14.7. The Hall–Kier alpha value is -3.08. The highest BCUT2D eigenvalue weighted by Crippen LogP contribution is 2.39. The maximum absolute atomic E-state index is 12.1. The first-order valence-electron chi connectivity index (χ1n) is 8.18.